The smallest absolute Gasteiger partial charge is 0.262 e. The fourth-order valence-electron chi connectivity index (χ4n) is 1.98. The Kier molecular flexibility index (Phi) is 2.54. The fourth-order valence-corrected chi connectivity index (χ4v) is 3.54. The highest BCUT2D eigenvalue weighted by Gasteiger charge is 2.27. The molecule has 0 unspecified atom stereocenters. The van der Waals surface area contributed by atoms with Crippen molar-refractivity contribution >= 4 is 15.6 Å². The van der Waals surface area contributed by atoms with Crippen LogP contribution in [-0.2, 0) is 10.0 Å². The molecular weight excluding hydrogens is 222 g/mol. The van der Waals surface area contributed by atoms with Crippen LogP contribution in [0.3, 0.4) is 0 Å². The molecule has 1 N–H and O–H groups in total. The van der Waals surface area contributed by atoms with E-state index in [1.165, 1.54) is 0 Å². The number of hydrogen-bond acceptors (Lipinski definition) is 2. The number of benzene rings is 1. The van der Waals surface area contributed by atoms with E-state index in [1.807, 2.05) is 32.9 Å². The Labute approximate surface area is 96.2 Å². The Bertz CT molecular complexity index is 556. The zero-order chi connectivity index (χ0) is 11.9. The lowest BCUT2D eigenvalue weighted by molar-refractivity contribution is 0.579. The third-order valence-electron chi connectivity index (χ3n) is 2.81. The van der Waals surface area contributed by atoms with Gasteiger partial charge in [0.25, 0.3) is 10.0 Å². The van der Waals surface area contributed by atoms with Crippen molar-refractivity contribution in [1.82, 2.24) is 4.72 Å². The highest BCUT2D eigenvalue weighted by Crippen LogP contribution is 2.32. The molecule has 1 aromatic carbocycles. The number of sulfonamides is 1. The van der Waals surface area contributed by atoms with Crippen molar-refractivity contribution < 1.29 is 8.42 Å². The molecule has 86 valence electrons. The minimum atomic E-state index is -3.38. The summed E-state index contributed by atoms with van der Waals surface area (Å²) in [5.74, 6) is 0.170. The van der Waals surface area contributed by atoms with Crippen LogP contribution in [0.15, 0.2) is 34.9 Å². The lowest BCUT2D eigenvalue weighted by Gasteiger charge is -2.25. The first-order valence-electron chi connectivity index (χ1n) is 5.26. The molecule has 0 amide bonds. The number of hydrogen-bond donors (Lipinski definition) is 1. The zero-order valence-electron chi connectivity index (χ0n) is 9.61. The molecule has 2 rings (SSSR count). The number of fused-ring (bicyclic) bond motifs is 1. The maximum atomic E-state index is 12.0. The Morgan fingerprint density at radius 1 is 1.19 bits per heavy atom. The van der Waals surface area contributed by atoms with E-state index in [4.69, 9.17) is 0 Å². The molecule has 0 bridgehead atoms. The van der Waals surface area contributed by atoms with Crippen LogP contribution in [-0.4, -0.2) is 8.42 Å². The van der Waals surface area contributed by atoms with Gasteiger partial charge in [0.2, 0.25) is 0 Å². The minimum absolute atomic E-state index is 0.170. The molecule has 1 aliphatic rings. The molecule has 0 aliphatic carbocycles. The number of rotatable bonds is 1. The first-order chi connectivity index (χ1) is 7.43. The Morgan fingerprint density at radius 3 is 2.44 bits per heavy atom. The molecule has 0 saturated carbocycles. The van der Waals surface area contributed by atoms with Crippen LogP contribution < -0.4 is 4.72 Å². The van der Waals surface area contributed by atoms with Crippen LogP contribution in [0.4, 0.5) is 0 Å². The van der Waals surface area contributed by atoms with Crippen molar-refractivity contribution in [3.63, 3.8) is 0 Å². The SMILES string of the molecule is CC1=C(C(C)C)NS(=O)(=O)c2ccccc21. The first kappa shape index (κ1) is 11.2. The average molecular weight is 237 g/mol. The molecule has 1 aliphatic heterocycles. The predicted molar refractivity (Wildman–Crippen MR) is 64.2 cm³/mol. The van der Waals surface area contributed by atoms with Crippen molar-refractivity contribution in [2.24, 2.45) is 5.92 Å². The lowest BCUT2D eigenvalue weighted by atomic mass is 9.99. The third-order valence-corrected chi connectivity index (χ3v) is 4.23. The summed E-state index contributed by atoms with van der Waals surface area (Å²) in [5, 5.41) is 0. The van der Waals surface area contributed by atoms with Crippen LogP contribution in [0.5, 0.6) is 0 Å². The maximum absolute atomic E-state index is 12.0. The highest BCUT2D eigenvalue weighted by molar-refractivity contribution is 7.89. The summed E-state index contributed by atoms with van der Waals surface area (Å²) >= 11 is 0. The van der Waals surface area contributed by atoms with Crippen molar-refractivity contribution in [3.05, 3.63) is 35.5 Å². The van der Waals surface area contributed by atoms with Crippen LogP contribution >= 0.6 is 0 Å². The van der Waals surface area contributed by atoms with Crippen molar-refractivity contribution in [3.8, 4) is 0 Å². The molecule has 0 aromatic heterocycles. The molecule has 1 heterocycles. The highest BCUT2D eigenvalue weighted by atomic mass is 32.2. The molecule has 4 heteroatoms. The van der Waals surface area contributed by atoms with Gasteiger partial charge in [0.15, 0.2) is 0 Å². The van der Waals surface area contributed by atoms with Gasteiger partial charge < -0.3 is 0 Å². The monoisotopic (exact) mass is 237 g/mol. The van der Waals surface area contributed by atoms with Gasteiger partial charge in [-0.25, -0.2) is 8.42 Å². The van der Waals surface area contributed by atoms with Gasteiger partial charge in [0.05, 0.1) is 4.90 Å². The first-order valence-corrected chi connectivity index (χ1v) is 6.75. The summed E-state index contributed by atoms with van der Waals surface area (Å²) in [7, 11) is -3.38. The number of allylic oxidation sites excluding steroid dienone is 2. The summed E-state index contributed by atoms with van der Waals surface area (Å²) < 4.78 is 26.6. The van der Waals surface area contributed by atoms with Gasteiger partial charge >= 0.3 is 0 Å². The molecule has 0 saturated heterocycles. The standard InChI is InChI=1S/C12H15NO2S/c1-8(2)12-9(3)10-6-4-5-7-11(10)16(14,15)13-12/h4-8,13H,1-3H3. The van der Waals surface area contributed by atoms with Crippen LogP contribution in [0.25, 0.3) is 5.57 Å². The molecule has 0 atom stereocenters. The minimum Gasteiger partial charge on any atom is -0.283 e. The van der Waals surface area contributed by atoms with E-state index in [1.54, 1.807) is 12.1 Å². The average Bonchev–Trinajstić information content (AvgIpc) is 2.23. The van der Waals surface area contributed by atoms with E-state index in [9.17, 15) is 8.42 Å². The Balaban J connectivity index is 2.75. The van der Waals surface area contributed by atoms with Gasteiger partial charge in [0.1, 0.15) is 0 Å². The second-order valence-electron chi connectivity index (χ2n) is 4.30. The molecule has 3 nitrogen and oxygen atoms in total. The van der Waals surface area contributed by atoms with Crippen molar-refractivity contribution in [1.29, 1.82) is 0 Å². The maximum Gasteiger partial charge on any atom is 0.262 e. The van der Waals surface area contributed by atoms with Gasteiger partial charge in [-0.2, -0.15) is 0 Å². The van der Waals surface area contributed by atoms with E-state index < -0.39 is 10.0 Å². The fraction of sp³-hybridized carbons (Fsp3) is 0.333. The van der Waals surface area contributed by atoms with Crippen LogP contribution in [0.1, 0.15) is 26.3 Å². The van der Waals surface area contributed by atoms with E-state index in [0.717, 1.165) is 16.8 Å². The summed E-state index contributed by atoms with van der Waals surface area (Å²) in [4.78, 5) is 0.372. The third kappa shape index (κ3) is 1.63. The largest absolute Gasteiger partial charge is 0.283 e. The summed E-state index contributed by atoms with van der Waals surface area (Å²) in [6, 6.07) is 7.09. The van der Waals surface area contributed by atoms with Gasteiger partial charge in [-0.3, -0.25) is 4.72 Å². The van der Waals surface area contributed by atoms with Crippen LogP contribution in [0, 0.1) is 5.92 Å². The summed E-state index contributed by atoms with van der Waals surface area (Å²) in [5.41, 5.74) is 2.61. The second-order valence-corrected chi connectivity index (χ2v) is 5.95. The molecule has 16 heavy (non-hydrogen) atoms. The van der Waals surface area contributed by atoms with Gasteiger partial charge in [-0.05, 0) is 30.0 Å². The zero-order valence-corrected chi connectivity index (χ0v) is 10.4. The number of nitrogens with one attached hydrogen (secondary N) is 1. The van der Waals surface area contributed by atoms with E-state index >= 15 is 0 Å². The van der Waals surface area contributed by atoms with Gasteiger partial charge in [-0.1, -0.05) is 32.0 Å². The quantitative estimate of drug-likeness (QED) is 0.815. The predicted octanol–water partition coefficient (Wildman–Crippen LogP) is 2.37. The van der Waals surface area contributed by atoms with E-state index in [-0.39, 0.29) is 5.92 Å². The van der Waals surface area contributed by atoms with E-state index in [2.05, 4.69) is 4.72 Å². The lowest BCUT2D eigenvalue weighted by Crippen LogP contribution is -2.30. The molecule has 1 aromatic rings. The van der Waals surface area contributed by atoms with Gasteiger partial charge in [-0.15, -0.1) is 0 Å². The topological polar surface area (TPSA) is 46.2 Å². The summed E-state index contributed by atoms with van der Waals surface area (Å²) in [6.45, 7) is 5.92. The van der Waals surface area contributed by atoms with Crippen molar-refractivity contribution in [2.75, 3.05) is 0 Å². The molecule has 0 fully saturated rings. The second kappa shape index (κ2) is 3.63. The summed E-state index contributed by atoms with van der Waals surface area (Å²) in [6.07, 6.45) is 0. The molecule has 0 spiro atoms. The van der Waals surface area contributed by atoms with Crippen LogP contribution in [0.2, 0.25) is 0 Å². The normalized spacial score (nSPS) is 18.2. The van der Waals surface area contributed by atoms with Crippen molar-refractivity contribution in [2.45, 2.75) is 25.7 Å². The Hall–Kier alpha value is -1.29. The molecule has 0 radical (unpaired) electrons. The van der Waals surface area contributed by atoms with E-state index in [0.29, 0.717) is 4.90 Å². The Morgan fingerprint density at radius 2 is 1.81 bits per heavy atom. The van der Waals surface area contributed by atoms with Gasteiger partial charge in [0, 0.05) is 5.70 Å². The molecular formula is C12H15NO2S.